The molecule has 2 fully saturated rings. The lowest BCUT2D eigenvalue weighted by molar-refractivity contribution is -0.180. The number of para-hydroxylation sites is 1. The Labute approximate surface area is 215 Å². The number of alkyl halides is 1. The largest absolute Gasteiger partial charge is 0.462 e. The maximum Gasteiger partial charge on any atom is 0.330 e. The van der Waals surface area contributed by atoms with Crippen LogP contribution < -0.4 is 20.9 Å². The minimum Gasteiger partial charge on any atom is -0.462 e. The van der Waals surface area contributed by atoms with Crippen molar-refractivity contribution in [3.63, 3.8) is 0 Å². The molecule has 0 radical (unpaired) electrons. The van der Waals surface area contributed by atoms with Crippen molar-refractivity contribution in [2.24, 2.45) is 0 Å². The van der Waals surface area contributed by atoms with Crippen molar-refractivity contribution in [1.29, 1.82) is 0 Å². The average Bonchev–Trinajstić information content (AvgIpc) is 3.19. The molecule has 12 nitrogen and oxygen atoms in total. The summed E-state index contributed by atoms with van der Waals surface area (Å²) in [5, 5.41) is 25.1. The first-order valence-corrected chi connectivity index (χ1v) is 13.9. The van der Waals surface area contributed by atoms with Crippen LogP contribution >= 0.6 is 6.64 Å². The summed E-state index contributed by atoms with van der Waals surface area (Å²) in [5.74, 6) is -3.45. The van der Waals surface area contributed by atoms with E-state index in [0.717, 1.165) is 23.8 Å². The van der Waals surface area contributed by atoms with Gasteiger partial charge >= 0.3 is 18.3 Å². The van der Waals surface area contributed by atoms with E-state index in [4.69, 9.17) is 30.3 Å². The molecular weight excluding hydrogens is 532 g/mol. The van der Waals surface area contributed by atoms with E-state index >= 15 is 4.39 Å². The second-order valence-electron chi connectivity index (χ2n) is 9.27. The number of nitrogens with one attached hydrogen (secondary N) is 2. The first-order chi connectivity index (χ1) is 17.1. The van der Waals surface area contributed by atoms with Crippen LogP contribution in [0.15, 0.2) is 52.2 Å². The molecule has 1 aliphatic heterocycles. The quantitative estimate of drug-likeness (QED) is 0.255. The third-order valence-corrected chi connectivity index (χ3v) is 8.50. The van der Waals surface area contributed by atoms with Gasteiger partial charge in [0.25, 0.3) is 11.4 Å². The molecule has 1 aliphatic carbocycles. The number of nitrogens with zero attached hydrogens (tertiary/aromatic N) is 1. The molecule has 7 atom stereocenters. The van der Waals surface area contributed by atoms with E-state index in [2.05, 4.69) is 5.09 Å². The first-order valence-electron chi connectivity index (χ1n) is 11.3. The molecule has 4 N–H and O–H groups in total. The molecule has 2 heterocycles. The van der Waals surface area contributed by atoms with Crippen LogP contribution in [-0.2, 0) is 30.6 Å². The van der Waals surface area contributed by atoms with Gasteiger partial charge in [0.2, 0.25) is 0 Å². The summed E-state index contributed by atoms with van der Waals surface area (Å²) in [5.41, 5.74) is -6.81. The highest BCUT2D eigenvalue weighted by molar-refractivity contribution is 8.09. The normalized spacial score (nSPS) is 32.9. The lowest BCUT2D eigenvalue weighted by atomic mass is 9.95. The van der Waals surface area contributed by atoms with Crippen molar-refractivity contribution >= 4 is 24.4 Å². The van der Waals surface area contributed by atoms with Crippen molar-refractivity contribution in [2.45, 2.75) is 69.2 Å². The number of rotatable bonds is 9. The topological polar surface area (TPSA) is 161 Å². The van der Waals surface area contributed by atoms with Gasteiger partial charge in [-0.3, -0.25) is 23.7 Å². The third kappa shape index (κ3) is 4.67. The SMILES string of the molecule is CC(C)OC(=O)C(C)NP(=S)(Oc1ccccc1)OC1[C@]2(O)[C@@](C)(O)[C@H](n3ccc(=O)[nH]c3=O)O[C@]12F. The number of halogens is 1. The Morgan fingerprint density at radius 3 is 2.43 bits per heavy atom. The zero-order chi connectivity index (χ0) is 27.4. The molecule has 1 aromatic heterocycles. The van der Waals surface area contributed by atoms with Gasteiger partial charge in [-0.05, 0) is 51.6 Å². The molecule has 0 amide bonds. The maximum atomic E-state index is 16.0. The van der Waals surface area contributed by atoms with Crippen LogP contribution in [0.4, 0.5) is 4.39 Å². The Bertz CT molecular complexity index is 1350. The number of carbonyl (C=O) groups excluding carboxylic acids is 1. The van der Waals surface area contributed by atoms with E-state index in [9.17, 15) is 24.6 Å². The van der Waals surface area contributed by atoms with Crippen LogP contribution in [0, 0.1) is 0 Å². The van der Waals surface area contributed by atoms with E-state index in [1.807, 2.05) is 4.98 Å². The number of carbonyl (C=O) groups is 1. The molecule has 202 valence electrons. The molecule has 3 unspecified atom stereocenters. The van der Waals surface area contributed by atoms with E-state index in [-0.39, 0.29) is 5.75 Å². The zero-order valence-corrected chi connectivity index (χ0v) is 22.0. The molecule has 37 heavy (non-hydrogen) atoms. The number of hydrogen-bond donors (Lipinski definition) is 4. The molecule has 0 spiro atoms. The molecule has 4 rings (SSSR count). The van der Waals surface area contributed by atoms with Crippen LogP contribution in [0.1, 0.15) is 33.9 Å². The van der Waals surface area contributed by atoms with Gasteiger partial charge in [0.1, 0.15) is 17.4 Å². The zero-order valence-electron chi connectivity index (χ0n) is 20.3. The minimum atomic E-state index is -3.82. The number of ether oxygens (including phenoxy) is 2. The van der Waals surface area contributed by atoms with Gasteiger partial charge in [0.05, 0.1) is 6.10 Å². The number of aromatic amines is 1. The minimum absolute atomic E-state index is 0.235. The molecule has 0 bridgehead atoms. The number of H-pyrrole nitrogens is 1. The van der Waals surface area contributed by atoms with Crippen LogP contribution in [0.3, 0.4) is 0 Å². The highest BCUT2D eigenvalue weighted by Crippen LogP contribution is 2.71. The molecule has 1 saturated carbocycles. The van der Waals surface area contributed by atoms with E-state index in [1.165, 1.54) is 6.92 Å². The number of aliphatic hydroxyl groups is 2. The Morgan fingerprint density at radius 1 is 1.24 bits per heavy atom. The molecular formula is C22H27FN3O9PS. The third-order valence-electron chi connectivity index (χ3n) is 6.06. The van der Waals surface area contributed by atoms with E-state index < -0.39 is 65.4 Å². The van der Waals surface area contributed by atoms with Crippen molar-refractivity contribution in [1.82, 2.24) is 14.6 Å². The fourth-order valence-corrected chi connectivity index (χ4v) is 6.83. The molecule has 2 aromatic rings. The highest BCUT2D eigenvalue weighted by Gasteiger charge is 2.95. The van der Waals surface area contributed by atoms with Gasteiger partial charge in [-0.2, -0.15) is 0 Å². The summed E-state index contributed by atoms with van der Waals surface area (Å²) in [6.45, 7) is 2.01. The summed E-state index contributed by atoms with van der Waals surface area (Å²) >= 11 is 5.56. The van der Waals surface area contributed by atoms with E-state index in [1.54, 1.807) is 44.2 Å². The Kier molecular flexibility index (Phi) is 6.99. The number of hydrogen-bond acceptors (Lipinski definition) is 10. The van der Waals surface area contributed by atoms with Gasteiger partial charge < -0.3 is 24.2 Å². The Hall–Kier alpha value is -2.45. The van der Waals surface area contributed by atoms with Crippen molar-refractivity contribution < 1.29 is 37.9 Å². The van der Waals surface area contributed by atoms with Crippen LogP contribution in [0.5, 0.6) is 5.75 Å². The number of fused-ring (bicyclic) bond motifs is 1. The molecule has 1 aromatic carbocycles. The lowest BCUT2D eigenvalue weighted by Gasteiger charge is -2.33. The number of esters is 1. The Balaban J connectivity index is 1.62. The van der Waals surface area contributed by atoms with Crippen molar-refractivity contribution in [3.8, 4) is 5.75 Å². The number of benzene rings is 1. The highest BCUT2D eigenvalue weighted by atomic mass is 32.5. The standard InChI is InChI=1S/C22H27FN3O9PS/c1-12(2)32-16(28)13(3)25-36(37,34-14-8-6-5-7-9-14)35-17-21(31)20(4,30)18(33-22(17,21)23)26-11-10-15(27)24-19(26)29/h5-13,17-18,30-31H,1-4H3,(H,25,37)(H,24,27,29)/t13?,17?,18-,20+,21+,22-,36?/m1/s1. The second kappa shape index (κ2) is 9.38. The summed E-state index contributed by atoms with van der Waals surface area (Å²) < 4.78 is 38.8. The summed E-state index contributed by atoms with van der Waals surface area (Å²) in [6.07, 6.45) is -2.99. The Morgan fingerprint density at radius 2 is 1.89 bits per heavy atom. The fraction of sp³-hybridized carbons (Fsp3) is 0.500. The summed E-state index contributed by atoms with van der Waals surface area (Å²) in [6, 6.07) is 8.08. The van der Waals surface area contributed by atoms with Gasteiger partial charge in [-0.1, -0.05) is 18.2 Å². The van der Waals surface area contributed by atoms with Crippen molar-refractivity contribution in [2.75, 3.05) is 0 Å². The van der Waals surface area contributed by atoms with Crippen molar-refractivity contribution in [3.05, 3.63) is 63.4 Å². The molecule has 1 saturated heterocycles. The van der Waals surface area contributed by atoms with Gasteiger partial charge in [-0.25, -0.2) is 14.3 Å². The predicted molar refractivity (Wildman–Crippen MR) is 131 cm³/mol. The van der Waals surface area contributed by atoms with Gasteiger partial charge in [0.15, 0.2) is 17.9 Å². The summed E-state index contributed by atoms with van der Waals surface area (Å²) in [7, 11) is 0. The molecule has 15 heteroatoms. The molecule has 2 aliphatic rings. The first kappa shape index (κ1) is 27.6. The average molecular weight is 560 g/mol. The van der Waals surface area contributed by atoms with Gasteiger partial charge in [-0.15, -0.1) is 0 Å². The summed E-state index contributed by atoms with van der Waals surface area (Å²) in [4.78, 5) is 38.0. The second-order valence-corrected chi connectivity index (χ2v) is 12.4. The predicted octanol–water partition coefficient (Wildman–Crippen LogP) is 0.845. The van der Waals surface area contributed by atoms with Crippen LogP contribution in [-0.4, -0.2) is 61.0 Å². The maximum absolute atomic E-state index is 16.0. The smallest absolute Gasteiger partial charge is 0.330 e. The lowest BCUT2D eigenvalue weighted by Crippen LogP contribution is -2.51. The van der Waals surface area contributed by atoms with Gasteiger partial charge in [0, 0.05) is 12.3 Å². The van der Waals surface area contributed by atoms with Crippen LogP contribution in [0.25, 0.3) is 0 Å². The fourth-order valence-electron chi connectivity index (χ4n) is 4.14. The van der Waals surface area contributed by atoms with Crippen LogP contribution in [0.2, 0.25) is 0 Å². The monoisotopic (exact) mass is 559 g/mol. The van der Waals surface area contributed by atoms with E-state index in [0.29, 0.717) is 0 Å². The number of aromatic nitrogens is 2.